The van der Waals surface area contributed by atoms with Crippen LogP contribution in [-0.4, -0.2) is 36.2 Å². The molecule has 2 aromatic carbocycles. The zero-order valence-electron chi connectivity index (χ0n) is 20.7. The fourth-order valence-corrected chi connectivity index (χ4v) is 2.87. The number of rotatable bonds is 9. The normalized spacial score (nSPS) is 12.0. The summed E-state index contributed by atoms with van der Waals surface area (Å²) in [6.45, 7) is 11.3. The Bertz CT molecular complexity index is 963. The molecule has 2 aromatic rings. The summed E-state index contributed by atoms with van der Waals surface area (Å²) in [6.07, 6.45) is -1.31. The van der Waals surface area contributed by atoms with Gasteiger partial charge in [-0.25, -0.2) is 4.79 Å². The quantitative estimate of drug-likeness (QED) is 0.506. The Morgan fingerprint density at radius 2 is 1.50 bits per heavy atom. The van der Waals surface area contributed by atoms with E-state index in [0.29, 0.717) is 17.4 Å². The summed E-state index contributed by atoms with van der Waals surface area (Å²) < 4.78 is 10.8. The lowest BCUT2D eigenvalue weighted by atomic mass is 10.0. The van der Waals surface area contributed by atoms with Crippen molar-refractivity contribution < 1.29 is 23.9 Å². The number of hydrogen-bond donors (Lipinski definition) is 3. The fraction of sp³-hybridized carbons (Fsp3) is 0.423. The van der Waals surface area contributed by atoms with Gasteiger partial charge in [-0.05, 0) is 69.0 Å². The molecule has 0 spiro atoms. The summed E-state index contributed by atoms with van der Waals surface area (Å²) in [4.78, 5) is 36.0. The molecule has 0 aromatic heterocycles. The molecule has 0 saturated carbocycles. The van der Waals surface area contributed by atoms with Gasteiger partial charge in [0.15, 0.2) is 6.10 Å². The lowest BCUT2D eigenvalue weighted by Gasteiger charge is -2.19. The maximum Gasteiger partial charge on any atom is 0.408 e. The van der Waals surface area contributed by atoms with E-state index in [1.807, 2.05) is 24.3 Å². The molecule has 1 unspecified atom stereocenters. The highest BCUT2D eigenvalue weighted by atomic mass is 16.6. The zero-order chi connectivity index (χ0) is 25.3. The summed E-state index contributed by atoms with van der Waals surface area (Å²) in [5.74, 6) is 0.470. The summed E-state index contributed by atoms with van der Waals surface area (Å²) in [7, 11) is 0. The first-order valence-corrected chi connectivity index (χ1v) is 11.3. The van der Waals surface area contributed by atoms with Crippen LogP contribution in [0, 0.1) is 0 Å². The number of benzene rings is 2. The Labute approximate surface area is 201 Å². The SMILES string of the molecule is CC(Oc1ccc(C(C)C)cc1)C(=O)Nc1ccc(CNC(=O)CNC(=O)OC(C)(C)C)cc1. The molecule has 0 saturated heterocycles. The van der Waals surface area contributed by atoms with Gasteiger partial charge in [0.1, 0.15) is 17.9 Å². The van der Waals surface area contributed by atoms with E-state index in [1.165, 1.54) is 5.56 Å². The van der Waals surface area contributed by atoms with Crippen molar-refractivity contribution in [2.24, 2.45) is 0 Å². The Morgan fingerprint density at radius 1 is 0.882 bits per heavy atom. The largest absolute Gasteiger partial charge is 0.481 e. The molecule has 0 radical (unpaired) electrons. The van der Waals surface area contributed by atoms with Crippen LogP contribution >= 0.6 is 0 Å². The predicted octanol–water partition coefficient (Wildman–Crippen LogP) is 4.36. The number of hydrogen-bond acceptors (Lipinski definition) is 5. The van der Waals surface area contributed by atoms with E-state index in [1.54, 1.807) is 52.0 Å². The van der Waals surface area contributed by atoms with Crippen LogP contribution in [-0.2, 0) is 20.9 Å². The lowest BCUT2D eigenvalue weighted by Crippen LogP contribution is -2.39. The van der Waals surface area contributed by atoms with Gasteiger partial charge in [-0.3, -0.25) is 9.59 Å². The monoisotopic (exact) mass is 469 g/mol. The van der Waals surface area contributed by atoms with Crippen molar-refractivity contribution in [1.82, 2.24) is 10.6 Å². The number of nitrogens with one attached hydrogen (secondary N) is 3. The number of carbonyl (C=O) groups excluding carboxylic acids is 3. The highest BCUT2D eigenvalue weighted by Crippen LogP contribution is 2.20. The molecule has 3 N–H and O–H groups in total. The summed E-state index contributed by atoms with van der Waals surface area (Å²) in [5.41, 5.74) is 2.05. The first-order chi connectivity index (χ1) is 15.9. The molecule has 34 heavy (non-hydrogen) atoms. The van der Waals surface area contributed by atoms with Crippen molar-refractivity contribution >= 4 is 23.6 Å². The summed E-state index contributed by atoms with van der Waals surface area (Å²) in [5, 5.41) is 7.95. The summed E-state index contributed by atoms with van der Waals surface area (Å²) in [6, 6.07) is 14.8. The number of anilines is 1. The zero-order valence-corrected chi connectivity index (χ0v) is 20.7. The third-order valence-corrected chi connectivity index (χ3v) is 4.73. The highest BCUT2D eigenvalue weighted by Gasteiger charge is 2.17. The number of alkyl carbamates (subject to hydrolysis) is 1. The van der Waals surface area contributed by atoms with Gasteiger partial charge >= 0.3 is 6.09 Å². The molecule has 1 atom stereocenters. The first kappa shape index (κ1) is 26.7. The van der Waals surface area contributed by atoms with Crippen molar-refractivity contribution in [2.75, 3.05) is 11.9 Å². The van der Waals surface area contributed by atoms with Gasteiger partial charge in [0.25, 0.3) is 5.91 Å². The van der Waals surface area contributed by atoms with E-state index < -0.39 is 17.8 Å². The van der Waals surface area contributed by atoms with Crippen LogP contribution in [0.15, 0.2) is 48.5 Å². The van der Waals surface area contributed by atoms with Crippen LogP contribution in [0.3, 0.4) is 0 Å². The molecule has 8 nitrogen and oxygen atoms in total. The van der Waals surface area contributed by atoms with E-state index in [9.17, 15) is 14.4 Å². The average Bonchev–Trinajstić information content (AvgIpc) is 2.76. The minimum Gasteiger partial charge on any atom is -0.481 e. The van der Waals surface area contributed by atoms with Crippen molar-refractivity contribution in [2.45, 2.75) is 65.7 Å². The second-order valence-corrected chi connectivity index (χ2v) is 9.30. The van der Waals surface area contributed by atoms with E-state index in [0.717, 1.165) is 5.56 Å². The molecule has 2 rings (SSSR count). The molecule has 8 heteroatoms. The second-order valence-electron chi connectivity index (χ2n) is 9.30. The Kier molecular flexibility index (Phi) is 9.47. The van der Waals surface area contributed by atoms with Gasteiger partial charge in [-0.1, -0.05) is 38.1 Å². The van der Waals surface area contributed by atoms with E-state index in [-0.39, 0.29) is 24.9 Å². The minimum absolute atomic E-state index is 0.179. The molecule has 0 fully saturated rings. The van der Waals surface area contributed by atoms with Crippen LogP contribution in [0.25, 0.3) is 0 Å². The van der Waals surface area contributed by atoms with Gasteiger partial charge in [0.2, 0.25) is 5.91 Å². The maximum atomic E-state index is 12.5. The molecular weight excluding hydrogens is 434 g/mol. The summed E-state index contributed by atoms with van der Waals surface area (Å²) >= 11 is 0. The van der Waals surface area contributed by atoms with E-state index in [4.69, 9.17) is 9.47 Å². The van der Waals surface area contributed by atoms with E-state index >= 15 is 0 Å². The Morgan fingerprint density at radius 3 is 2.06 bits per heavy atom. The maximum absolute atomic E-state index is 12.5. The molecular formula is C26H35N3O5. The first-order valence-electron chi connectivity index (χ1n) is 11.3. The van der Waals surface area contributed by atoms with Gasteiger partial charge in [0.05, 0.1) is 0 Å². The predicted molar refractivity (Wildman–Crippen MR) is 132 cm³/mol. The van der Waals surface area contributed by atoms with Crippen molar-refractivity contribution in [3.8, 4) is 5.75 Å². The third kappa shape index (κ3) is 9.52. The van der Waals surface area contributed by atoms with Crippen LogP contribution < -0.4 is 20.7 Å². The third-order valence-electron chi connectivity index (χ3n) is 4.73. The molecule has 0 heterocycles. The van der Waals surface area contributed by atoms with Gasteiger partial charge in [-0.15, -0.1) is 0 Å². The van der Waals surface area contributed by atoms with Crippen molar-refractivity contribution in [3.63, 3.8) is 0 Å². The topological polar surface area (TPSA) is 106 Å². The molecule has 0 aliphatic carbocycles. The second kappa shape index (κ2) is 12.1. The number of ether oxygens (including phenoxy) is 2. The van der Waals surface area contributed by atoms with Crippen molar-refractivity contribution in [1.29, 1.82) is 0 Å². The standard InChI is InChI=1S/C26H35N3O5/c1-17(2)20-9-13-22(14-10-20)33-18(3)24(31)29-21-11-7-19(8-12-21)15-27-23(30)16-28-25(32)34-26(4,5)6/h7-14,17-18H,15-16H2,1-6H3,(H,27,30)(H,28,32)(H,29,31). The smallest absolute Gasteiger partial charge is 0.408 e. The lowest BCUT2D eigenvalue weighted by molar-refractivity contribution is -0.122. The Hall–Kier alpha value is -3.55. The molecule has 3 amide bonds. The van der Waals surface area contributed by atoms with Gasteiger partial charge in [-0.2, -0.15) is 0 Å². The molecule has 184 valence electrons. The van der Waals surface area contributed by atoms with E-state index in [2.05, 4.69) is 29.8 Å². The molecule has 0 aliphatic heterocycles. The minimum atomic E-state index is -0.665. The van der Waals surface area contributed by atoms with Crippen LogP contribution in [0.1, 0.15) is 58.6 Å². The molecule has 0 aliphatic rings. The number of carbonyl (C=O) groups is 3. The fourth-order valence-electron chi connectivity index (χ4n) is 2.87. The van der Waals surface area contributed by atoms with Crippen molar-refractivity contribution in [3.05, 3.63) is 59.7 Å². The van der Waals surface area contributed by atoms with Gasteiger partial charge < -0.3 is 25.4 Å². The van der Waals surface area contributed by atoms with Gasteiger partial charge in [0, 0.05) is 12.2 Å². The highest BCUT2D eigenvalue weighted by molar-refractivity contribution is 5.94. The van der Waals surface area contributed by atoms with Crippen LogP contribution in [0.5, 0.6) is 5.75 Å². The number of amides is 3. The van der Waals surface area contributed by atoms with Crippen LogP contribution in [0.4, 0.5) is 10.5 Å². The average molecular weight is 470 g/mol. The molecule has 0 bridgehead atoms. The Balaban J connectivity index is 1.76. The van der Waals surface area contributed by atoms with Crippen LogP contribution in [0.2, 0.25) is 0 Å².